The van der Waals surface area contributed by atoms with E-state index < -0.39 is 23.9 Å². The van der Waals surface area contributed by atoms with E-state index in [0.29, 0.717) is 22.3 Å². The highest BCUT2D eigenvalue weighted by Gasteiger charge is 2.22. The van der Waals surface area contributed by atoms with E-state index in [2.05, 4.69) is 0 Å². The van der Waals surface area contributed by atoms with Crippen LogP contribution in [0, 0.1) is 13.8 Å². The van der Waals surface area contributed by atoms with Gasteiger partial charge in [0.05, 0.1) is 24.0 Å². The lowest BCUT2D eigenvalue weighted by molar-refractivity contribution is -0.137. The van der Waals surface area contributed by atoms with Gasteiger partial charge in [0.2, 0.25) is 0 Å². The maximum atomic E-state index is 11.9. The van der Waals surface area contributed by atoms with Crippen LogP contribution in [0.4, 0.5) is 0 Å². The number of aryl methyl sites for hydroxylation is 2. The smallest absolute Gasteiger partial charge is 0.335 e. The average Bonchev–Trinajstić information content (AvgIpc) is 3.93. The van der Waals surface area contributed by atoms with Crippen molar-refractivity contribution in [1.82, 2.24) is 0 Å². The molecule has 0 fully saturated rings. The standard InChI is InChI=1S/C40H28O8S5/c1-19-13-21(3-5-25(19)39(45)46)27-7-9-29(49-27)33-15-23(17-35(41)42)37(52-33)31-11-12-32(51-31)38-24(18-36(43)44)16-34(53-38)30-10-8-28(50-30)22-4-6-26(40(47)48)20(2)14-22/h3-16H,17-18H2,1-2H3,(H,41,42)(H,43,44)(H,45,46)(H,47,48). The third-order valence-corrected chi connectivity index (χ3v) is 15.0. The number of thiophene rings is 5. The topological polar surface area (TPSA) is 149 Å². The Labute approximate surface area is 323 Å². The number of hydrogen-bond donors (Lipinski definition) is 4. The van der Waals surface area contributed by atoms with Crippen LogP contribution in [0.25, 0.3) is 59.9 Å². The van der Waals surface area contributed by atoms with Crippen molar-refractivity contribution in [3.8, 4) is 59.9 Å². The van der Waals surface area contributed by atoms with E-state index in [1.807, 2.05) is 60.7 Å². The van der Waals surface area contributed by atoms with Crippen molar-refractivity contribution < 1.29 is 39.6 Å². The van der Waals surface area contributed by atoms with Crippen molar-refractivity contribution in [1.29, 1.82) is 0 Å². The van der Waals surface area contributed by atoms with Gasteiger partial charge in [0.25, 0.3) is 0 Å². The molecular weight excluding hydrogens is 769 g/mol. The Bertz CT molecular complexity index is 2400. The molecule has 0 saturated carbocycles. The summed E-state index contributed by atoms with van der Waals surface area (Å²) in [6.07, 6.45) is -0.306. The van der Waals surface area contributed by atoms with Crippen LogP contribution < -0.4 is 0 Å². The normalized spacial score (nSPS) is 11.2. The summed E-state index contributed by atoms with van der Waals surface area (Å²) in [6.45, 7) is 3.54. The molecule has 5 heterocycles. The molecule has 0 unspecified atom stereocenters. The van der Waals surface area contributed by atoms with E-state index in [-0.39, 0.29) is 24.0 Å². The quantitative estimate of drug-likeness (QED) is 0.0954. The summed E-state index contributed by atoms with van der Waals surface area (Å²) in [4.78, 5) is 56.1. The molecule has 0 aliphatic carbocycles. The number of carboxylic acids is 4. The number of rotatable bonds is 12. The number of benzene rings is 2. The molecule has 7 rings (SSSR count). The zero-order chi connectivity index (χ0) is 37.6. The van der Waals surface area contributed by atoms with Crippen LogP contribution in [-0.4, -0.2) is 44.3 Å². The van der Waals surface area contributed by atoms with Crippen molar-refractivity contribution in [3.63, 3.8) is 0 Å². The van der Waals surface area contributed by atoms with Crippen LogP contribution in [0.5, 0.6) is 0 Å². The van der Waals surface area contributed by atoms with Gasteiger partial charge in [0.15, 0.2) is 0 Å². The predicted octanol–water partition coefficient (Wildman–Crippen LogP) is 11.3. The van der Waals surface area contributed by atoms with Crippen LogP contribution >= 0.6 is 56.7 Å². The largest absolute Gasteiger partial charge is 0.481 e. The second kappa shape index (κ2) is 14.7. The van der Waals surface area contributed by atoms with E-state index >= 15 is 0 Å². The zero-order valence-electron chi connectivity index (χ0n) is 28.0. The molecule has 5 aromatic heterocycles. The average molecular weight is 797 g/mol. The summed E-state index contributed by atoms with van der Waals surface area (Å²) in [5, 5.41) is 38.4. The fourth-order valence-electron chi connectivity index (χ4n) is 6.05. The molecule has 0 aliphatic rings. The highest BCUT2D eigenvalue weighted by atomic mass is 32.1. The van der Waals surface area contributed by atoms with Crippen molar-refractivity contribution in [2.45, 2.75) is 26.7 Å². The Morgan fingerprint density at radius 2 is 0.792 bits per heavy atom. The number of carboxylic acid groups (broad SMARTS) is 4. The molecule has 0 spiro atoms. The van der Waals surface area contributed by atoms with E-state index in [1.54, 1.807) is 60.8 Å². The summed E-state index contributed by atoms with van der Waals surface area (Å²) >= 11 is 7.63. The fourth-order valence-corrected chi connectivity index (χ4v) is 11.9. The van der Waals surface area contributed by atoms with Gasteiger partial charge in [0, 0.05) is 48.8 Å². The molecular formula is C40H28O8S5. The van der Waals surface area contributed by atoms with Gasteiger partial charge < -0.3 is 20.4 Å². The Kier molecular flexibility index (Phi) is 10.0. The molecule has 0 radical (unpaired) electrons. The fraction of sp³-hybridized carbons (Fsp3) is 0.100. The first-order valence-corrected chi connectivity index (χ1v) is 20.1. The highest BCUT2D eigenvalue weighted by molar-refractivity contribution is 7.30. The molecule has 0 atom stereocenters. The second-order valence-electron chi connectivity index (χ2n) is 12.2. The Morgan fingerprint density at radius 1 is 0.434 bits per heavy atom. The van der Waals surface area contributed by atoms with Crippen LogP contribution in [0.15, 0.2) is 84.9 Å². The summed E-state index contributed by atoms with van der Waals surface area (Å²) in [5.74, 6) is -3.82. The van der Waals surface area contributed by atoms with E-state index in [9.17, 15) is 39.6 Å². The van der Waals surface area contributed by atoms with Crippen molar-refractivity contribution >= 4 is 80.6 Å². The van der Waals surface area contributed by atoms with Gasteiger partial charge in [-0.25, -0.2) is 9.59 Å². The summed E-state index contributed by atoms with van der Waals surface area (Å²) in [5.41, 5.74) is 5.06. The molecule has 13 heteroatoms. The Hall–Kier alpha value is -5.18. The van der Waals surface area contributed by atoms with E-state index in [0.717, 1.165) is 59.9 Å². The van der Waals surface area contributed by atoms with Gasteiger partial charge in [-0.3, -0.25) is 9.59 Å². The molecule has 0 saturated heterocycles. The number of hydrogen-bond acceptors (Lipinski definition) is 9. The minimum atomic E-state index is -0.970. The maximum Gasteiger partial charge on any atom is 0.335 e. The Morgan fingerprint density at radius 3 is 1.15 bits per heavy atom. The lowest BCUT2D eigenvalue weighted by Crippen LogP contribution is -1.99. The molecule has 4 N–H and O–H groups in total. The lowest BCUT2D eigenvalue weighted by Gasteiger charge is -2.03. The molecule has 2 aromatic carbocycles. The second-order valence-corrected chi connectivity index (χ2v) is 17.6. The van der Waals surface area contributed by atoms with E-state index in [1.165, 1.54) is 34.0 Å². The molecule has 0 aliphatic heterocycles. The minimum absolute atomic E-state index is 0.153. The molecule has 8 nitrogen and oxygen atoms in total. The molecule has 7 aromatic rings. The van der Waals surface area contributed by atoms with Gasteiger partial charge in [0.1, 0.15) is 0 Å². The molecule has 266 valence electrons. The third-order valence-electron chi connectivity index (χ3n) is 8.54. The van der Waals surface area contributed by atoms with Crippen molar-refractivity contribution in [3.05, 3.63) is 118 Å². The first-order valence-electron chi connectivity index (χ1n) is 16.0. The number of aromatic carboxylic acids is 2. The predicted molar refractivity (Wildman–Crippen MR) is 215 cm³/mol. The first-order chi connectivity index (χ1) is 25.3. The van der Waals surface area contributed by atoms with Gasteiger partial charge in [-0.15, -0.1) is 56.7 Å². The number of carbonyl (C=O) groups is 4. The SMILES string of the molecule is Cc1cc(-c2ccc(-c3cc(CC(=O)O)c(-c4ccc(-c5sc(-c6ccc(-c7ccc(C(=O)O)c(C)c7)s6)cc5CC(=O)O)s4)s3)s2)ccc1C(=O)O. The van der Waals surface area contributed by atoms with Crippen molar-refractivity contribution in [2.75, 3.05) is 0 Å². The number of aliphatic carboxylic acids is 2. The van der Waals surface area contributed by atoms with Gasteiger partial charge in [-0.05, 0) is 120 Å². The van der Waals surface area contributed by atoms with Gasteiger partial charge in [-0.1, -0.05) is 12.1 Å². The highest BCUT2D eigenvalue weighted by Crippen LogP contribution is 2.49. The molecule has 53 heavy (non-hydrogen) atoms. The minimum Gasteiger partial charge on any atom is -0.481 e. The van der Waals surface area contributed by atoms with Crippen LogP contribution in [0.1, 0.15) is 43.0 Å². The molecule has 0 bridgehead atoms. The monoisotopic (exact) mass is 796 g/mol. The van der Waals surface area contributed by atoms with Crippen LogP contribution in [0.3, 0.4) is 0 Å². The summed E-state index contributed by atoms with van der Waals surface area (Å²) < 4.78 is 0. The zero-order valence-corrected chi connectivity index (χ0v) is 32.0. The summed E-state index contributed by atoms with van der Waals surface area (Å²) in [7, 11) is 0. The van der Waals surface area contributed by atoms with Crippen LogP contribution in [-0.2, 0) is 22.4 Å². The maximum absolute atomic E-state index is 11.9. The van der Waals surface area contributed by atoms with Crippen molar-refractivity contribution in [2.24, 2.45) is 0 Å². The molecule has 0 amide bonds. The van der Waals surface area contributed by atoms with Crippen LogP contribution in [0.2, 0.25) is 0 Å². The summed E-state index contributed by atoms with van der Waals surface area (Å²) in [6, 6.07) is 26.2. The first kappa shape index (κ1) is 36.2. The van der Waals surface area contributed by atoms with Gasteiger partial charge >= 0.3 is 23.9 Å². The Balaban J connectivity index is 1.20. The van der Waals surface area contributed by atoms with Gasteiger partial charge in [-0.2, -0.15) is 0 Å². The van der Waals surface area contributed by atoms with E-state index in [4.69, 9.17) is 0 Å². The lowest BCUT2D eigenvalue weighted by atomic mass is 10.0. The third kappa shape index (κ3) is 7.52.